The number of nitrogens with zero attached hydrogens (tertiary/aromatic N) is 1. The van der Waals surface area contributed by atoms with Crippen LogP contribution in [0.1, 0.15) is 65.2 Å². The van der Waals surface area contributed by atoms with E-state index in [4.69, 9.17) is 0 Å². The topological polar surface area (TPSA) is 54.5 Å². The van der Waals surface area contributed by atoms with Crippen molar-refractivity contribution in [2.24, 2.45) is 23.2 Å². The first-order chi connectivity index (χ1) is 12.2. The third kappa shape index (κ3) is 3.61. The number of carbonyl (C=O) groups excluding carboxylic acids is 1. The molecule has 0 aliphatic heterocycles. The van der Waals surface area contributed by atoms with Crippen LogP contribution in [0.15, 0.2) is 11.6 Å². The maximum absolute atomic E-state index is 13.1. The molecule has 1 unspecified atom stereocenters. The number of hydrogen-bond donors (Lipinski definition) is 0. The zero-order valence-corrected chi connectivity index (χ0v) is 17.2. The van der Waals surface area contributed by atoms with Crippen LogP contribution in [0, 0.1) is 23.2 Å². The molecule has 5 aliphatic carbocycles. The largest absolute Gasteiger partial charge is 0.332 e. The quantitative estimate of drug-likeness (QED) is 0.663. The van der Waals surface area contributed by atoms with Crippen molar-refractivity contribution in [3.63, 3.8) is 0 Å². The highest BCUT2D eigenvalue weighted by Gasteiger charge is 2.51. The summed E-state index contributed by atoms with van der Waals surface area (Å²) in [4.78, 5) is 15.0. The Hall–Kier alpha value is -0.840. The number of amides is 1. The highest BCUT2D eigenvalue weighted by molar-refractivity contribution is 7.90. The summed E-state index contributed by atoms with van der Waals surface area (Å²) in [6, 6.07) is -0.00919. The fourth-order valence-electron chi connectivity index (χ4n) is 6.63. The van der Waals surface area contributed by atoms with Gasteiger partial charge in [-0.15, -0.1) is 0 Å². The summed E-state index contributed by atoms with van der Waals surface area (Å²) in [6.45, 7) is 4.04. The standard InChI is InChI=1S/C21H33NO3S/c1-14(21-10-16-7-17(11-21)9-18(8-16)12-21)6-20(23)22(19-4-5-19)15(2)13-26(3,24)25/h6,15-19H,4-5,7-13H2,1-3H3/b14-6-. The summed E-state index contributed by atoms with van der Waals surface area (Å²) < 4.78 is 23.4. The van der Waals surface area contributed by atoms with Gasteiger partial charge in [-0.2, -0.15) is 0 Å². The molecular formula is C21H33NO3S. The fraction of sp³-hybridized carbons (Fsp3) is 0.857. The Balaban J connectivity index is 1.53. The first kappa shape index (κ1) is 18.5. The predicted octanol–water partition coefficient (Wildman–Crippen LogP) is 3.57. The lowest BCUT2D eigenvalue weighted by molar-refractivity contribution is -0.128. The van der Waals surface area contributed by atoms with Gasteiger partial charge in [-0.1, -0.05) is 5.57 Å². The third-order valence-electron chi connectivity index (χ3n) is 7.43. The molecule has 0 aromatic carbocycles. The van der Waals surface area contributed by atoms with Crippen LogP contribution in [0.2, 0.25) is 0 Å². The third-order valence-corrected chi connectivity index (χ3v) is 8.52. The molecule has 5 rings (SSSR count). The molecule has 5 saturated carbocycles. The molecule has 0 aromatic heterocycles. The summed E-state index contributed by atoms with van der Waals surface area (Å²) in [7, 11) is -3.09. The second-order valence-electron chi connectivity index (χ2n) is 9.94. The Kier molecular flexibility index (Phi) is 4.53. The summed E-state index contributed by atoms with van der Waals surface area (Å²) in [6.07, 6.45) is 13.1. The minimum Gasteiger partial charge on any atom is -0.332 e. The Bertz CT molecular complexity index is 684. The normalized spacial score (nSPS) is 37.7. The first-order valence-electron chi connectivity index (χ1n) is 10.3. The summed E-state index contributed by atoms with van der Waals surface area (Å²) in [5.74, 6) is 2.69. The zero-order chi connectivity index (χ0) is 18.7. The van der Waals surface area contributed by atoms with Crippen LogP contribution >= 0.6 is 0 Å². The number of hydrogen-bond acceptors (Lipinski definition) is 3. The van der Waals surface area contributed by atoms with E-state index < -0.39 is 9.84 Å². The smallest absolute Gasteiger partial charge is 0.247 e. The van der Waals surface area contributed by atoms with Crippen molar-refractivity contribution in [1.29, 1.82) is 0 Å². The van der Waals surface area contributed by atoms with E-state index in [1.54, 1.807) is 0 Å². The molecular weight excluding hydrogens is 346 g/mol. The lowest BCUT2D eigenvalue weighted by Crippen LogP contribution is -2.47. The molecule has 0 N–H and O–H groups in total. The van der Waals surface area contributed by atoms with Crippen molar-refractivity contribution in [1.82, 2.24) is 4.90 Å². The van der Waals surface area contributed by atoms with Gasteiger partial charge in [0, 0.05) is 24.4 Å². The summed E-state index contributed by atoms with van der Waals surface area (Å²) >= 11 is 0. The number of allylic oxidation sites excluding steroid dienone is 1. The Morgan fingerprint density at radius 2 is 1.62 bits per heavy atom. The molecule has 5 fully saturated rings. The van der Waals surface area contributed by atoms with E-state index in [1.165, 1.54) is 50.4 Å². The lowest BCUT2D eigenvalue weighted by atomic mass is 9.48. The van der Waals surface area contributed by atoms with Gasteiger partial charge in [0.2, 0.25) is 5.91 Å². The van der Waals surface area contributed by atoms with Gasteiger partial charge in [-0.05, 0) is 88.4 Å². The van der Waals surface area contributed by atoms with Crippen molar-refractivity contribution < 1.29 is 13.2 Å². The number of sulfone groups is 1. The highest BCUT2D eigenvalue weighted by Crippen LogP contribution is 2.62. The lowest BCUT2D eigenvalue weighted by Gasteiger charge is -2.57. The van der Waals surface area contributed by atoms with Gasteiger partial charge in [0.05, 0.1) is 5.75 Å². The number of carbonyl (C=O) groups is 1. The minimum atomic E-state index is -3.09. The van der Waals surface area contributed by atoms with Crippen LogP contribution in [0.3, 0.4) is 0 Å². The van der Waals surface area contributed by atoms with Crippen LogP contribution in [0.4, 0.5) is 0 Å². The fourth-order valence-corrected chi connectivity index (χ4v) is 7.67. The van der Waals surface area contributed by atoms with Gasteiger partial charge in [0.1, 0.15) is 9.84 Å². The molecule has 5 aliphatic rings. The molecule has 5 heteroatoms. The summed E-state index contributed by atoms with van der Waals surface area (Å²) in [5, 5.41) is 0. The van der Waals surface area contributed by atoms with Gasteiger partial charge in [0.15, 0.2) is 0 Å². The average Bonchev–Trinajstić information content (AvgIpc) is 3.28. The van der Waals surface area contributed by atoms with Gasteiger partial charge >= 0.3 is 0 Å². The molecule has 4 bridgehead atoms. The second kappa shape index (κ2) is 6.35. The Labute approximate surface area is 158 Å². The Morgan fingerprint density at radius 1 is 1.12 bits per heavy atom. The SMILES string of the molecule is C/C(=C/C(=O)N(C(C)CS(C)(=O)=O)C1CC1)C12CC3CC(CC(C3)C1)C2. The van der Waals surface area contributed by atoms with Crippen molar-refractivity contribution in [2.75, 3.05) is 12.0 Å². The van der Waals surface area contributed by atoms with E-state index in [-0.39, 0.29) is 29.2 Å². The van der Waals surface area contributed by atoms with E-state index in [9.17, 15) is 13.2 Å². The van der Waals surface area contributed by atoms with Crippen LogP contribution in [-0.4, -0.2) is 43.3 Å². The van der Waals surface area contributed by atoms with Crippen molar-refractivity contribution in [3.05, 3.63) is 11.6 Å². The van der Waals surface area contributed by atoms with Crippen LogP contribution in [0.25, 0.3) is 0 Å². The first-order valence-corrected chi connectivity index (χ1v) is 12.4. The maximum Gasteiger partial charge on any atom is 0.247 e. The van der Waals surface area contributed by atoms with E-state index in [1.807, 2.05) is 17.9 Å². The second-order valence-corrected chi connectivity index (χ2v) is 12.1. The molecule has 1 amide bonds. The average molecular weight is 380 g/mol. The molecule has 0 heterocycles. The monoisotopic (exact) mass is 379 g/mol. The Morgan fingerprint density at radius 3 is 2.04 bits per heavy atom. The van der Waals surface area contributed by atoms with Crippen molar-refractivity contribution >= 4 is 15.7 Å². The van der Waals surface area contributed by atoms with Gasteiger partial charge in [-0.25, -0.2) is 8.42 Å². The van der Waals surface area contributed by atoms with Crippen LogP contribution in [-0.2, 0) is 14.6 Å². The maximum atomic E-state index is 13.1. The predicted molar refractivity (Wildman–Crippen MR) is 103 cm³/mol. The van der Waals surface area contributed by atoms with E-state index in [0.717, 1.165) is 30.6 Å². The molecule has 4 nitrogen and oxygen atoms in total. The van der Waals surface area contributed by atoms with E-state index in [0.29, 0.717) is 0 Å². The van der Waals surface area contributed by atoms with E-state index in [2.05, 4.69) is 6.92 Å². The molecule has 0 spiro atoms. The number of rotatable bonds is 6. The van der Waals surface area contributed by atoms with Gasteiger partial charge < -0.3 is 4.90 Å². The zero-order valence-electron chi connectivity index (χ0n) is 16.4. The molecule has 26 heavy (non-hydrogen) atoms. The molecule has 1 atom stereocenters. The molecule has 146 valence electrons. The summed E-state index contributed by atoms with van der Waals surface area (Å²) in [5.41, 5.74) is 1.51. The van der Waals surface area contributed by atoms with Crippen molar-refractivity contribution in [3.8, 4) is 0 Å². The highest BCUT2D eigenvalue weighted by atomic mass is 32.2. The van der Waals surface area contributed by atoms with Gasteiger partial charge in [0.25, 0.3) is 0 Å². The van der Waals surface area contributed by atoms with Crippen LogP contribution in [0.5, 0.6) is 0 Å². The molecule has 0 saturated heterocycles. The van der Waals surface area contributed by atoms with Gasteiger partial charge in [-0.3, -0.25) is 4.79 Å². The molecule has 0 radical (unpaired) electrons. The minimum absolute atomic E-state index is 0.0388. The van der Waals surface area contributed by atoms with E-state index >= 15 is 0 Å². The molecule has 0 aromatic rings. The van der Waals surface area contributed by atoms with Crippen LogP contribution < -0.4 is 0 Å². The van der Waals surface area contributed by atoms with Crippen molar-refractivity contribution in [2.45, 2.75) is 77.3 Å².